The van der Waals surface area contributed by atoms with Crippen molar-refractivity contribution in [1.29, 1.82) is 0 Å². The molecule has 0 radical (unpaired) electrons. The third-order valence-electron chi connectivity index (χ3n) is 13.5. The highest BCUT2D eigenvalue weighted by atomic mass is 16.7. The van der Waals surface area contributed by atoms with E-state index >= 15 is 0 Å². The average molecular weight is 689 g/mol. The quantitative estimate of drug-likeness (QED) is 0.310. The van der Waals surface area contributed by atoms with Crippen LogP contribution in [-0.4, -0.2) is 134 Å². The molecular formula is C36H64O12. The van der Waals surface area contributed by atoms with Crippen LogP contribution in [0.5, 0.6) is 0 Å². The minimum absolute atomic E-state index is 0.147. The van der Waals surface area contributed by atoms with Crippen molar-refractivity contribution >= 4 is 0 Å². The topological polar surface area (TPSA) is 144 Å². The zero-order chi connectivity index (χ0) is 35.6. The Bertz CT molecular complexity index is 1090. The Morgan fingerprint density at radius 2 is 1.46 bits per heavy atom. The maximum atomic E-state index is 11.8. The SMILES string of the molecule is COC1CC(C(O)C(C)(OC)C(C)OC)OC2(OC(C)(C3CCC(C4CCC(C5OC(C)(O)C(C)C(O)C5C)O4)O3)C(OC)C2C)C1C. The summed E-state index contributed by atoms with van der Waals surface area (Å²) in [7, 11) is 6.55. The van der Waals surface area contributed by atoms with Crippen LogP contribution < -0.4 is 0 Å². The second-order valence-electron chi connectivity index (χ2n) is 15.9. The molecule has 19 unspecified atom stereocenters. The Morgan fingerprint density at radius 1 is 0.833 bits per heavy atom. The lowest BCUT2D eigenvalue weighted by Gasteiger charge is -2.52. The van der Waals surface area contributed by atoms with Gasteiger partial charge in [-0.05, 0) is 53.4 Å². The van der Waals surface area contributed by atoms with Crippen molar-refractivity contribution in [3.63, 3.8) is 0 Å². The molecule has 0 aromatic carbocycles. The van der Waals surface area contributed by atoms with E-state index in [-0.39, 0.29) is 54.4 Å². The highest BCUT2D eigenvalue weighted by Gasteiger charge is 2.69. The number of ether oxygens (including phenoxy) is 9. The van der Waals surface area contributed by atoms with Gasteiger partial charge in [-0.3, -0.25) is 0 Å². The molecule has 5 rings (SSSR count). The van der Waals surface area contributed by atoms with E-state index in [1.807, 2.05) is 27.7 Å². The third kappa shape index (κ3) is 6.21. The number of methoxy groups -OCH3 is 4. The summed E-state index contributed by atoms with van der Waals surface area (Å²) in [4.78, 5) is 0. The Labute approximate surface area is 287 Å². The first-order chi connectivity index (χ1) is 22.4. The average Bonchev–Trinajstić information content (AvgIpc) is 3.80. The molecular weight excluding hydrogens is 624 g/mol. The molecule has 0 aromatic heterocycles. The Hall–Kier alpha value is -0.480. The van der Waals surface area contributed by atoms with Gasteiger partial charge in [0.25, 0.3) is 0 Å². The van der Waals surface area contributed by atoms with Gasteiger partial charge in [0, 0.05) is 58.5 Å². The molecule has 0 aromatic rings. The van der Waals surface area contributed by atoms with Crippen molar-refractivity contribution < 1.29 is 58.0 Å². The predicted octanol–water partition coefficient (Wildman–Crippen LogP) is 3.20. The van der Waals surface area contributed by atoms with Gasteiger partial charge in [0.15, 0.2) is 11.6 Å². The van der Waals surface area contributed by atoms with Gasteiger partial charge in [0.05, 0.1) is 61.0 Å². The lowest BCUT2D eigenvalue weighted by Crippen LogP contribution is -2.64. The van der Waals surface area contributed by atoms with Crippen LogP contribution in [0.25, 0.3) is 0 Å². The molecule has 19 atom stereocenters. The molecule has 5 aliphatic heterocycles. The Balaban J connectivity index is 1.33. The fourth-order valence-corrected chi connectivity index (χ4v) is 9.67. The van der Waals surface area contributed by atoms with E-state index in [1.54, 1.807) is 42.3 Å². The normalized spacial score (nSPS) is 52.4. The van der Waals surface area contributed by atoms with Crippen LogP contribution in [0.1, 0.15) is 87.5 Å². The molecule has 48 heavy (non-hydrogen) atoms. The van der Waals surface area contributed by atoms with Crippen molar-refractivity contribution in [2.45, 2.75) is 177 Å². The summed E-state index contributed by atoms with van der Waals surface area (Å²) in [6.45, 7) is 15.3. The molecule has 5 fully saturated rings. The third-order valence-corrected chi connectivity index (χ3v) is 13.5. The molecule has 5 saturated heterocycles. The first-order valence-corrected chi connectivity index (χ1v) is 18.0. The van der Waals surface area contributed by atoms with E-state index < -0.39 is 59.2 Å². The largest absolute Gasteiger partial charge is 0.392 e. The minimum atomic E-state index is -1.43. The number of hydrogen-bond donors (Lipinski definition) is 3. The van der Waals surface area contributed by atoms with Crippen LogP contribution in [0.3, 0.4) is 0 Å². The molecule has 0 aliphatic carbocycles. The highest BCUT2D eigenvalue weighted by molar-refractivity contribution is 5.13. The fraction of sp³-hybridized carbons (Fsp3) is 1.00. The maximum absolute atomic E-state index is 11.8. The molecule has 0 bridgehead atoms. The van der Waals surface area contributed by atoms with Gasteiger partial charge in [-0.2, -0.15) is 0 Å². The number of hydrogen-bond acceptors (Lipinski definition) is 12. The molecule has 0 saturated carbocycles. The Kier molecular flexibility index (Phi) is 11.4. The second kappa shape index (κ2) is 14.2. The van der Waals surface area contributed by atoms with Crippen LogP contribution in [-0.2, 0) is 42.6 Å². The zero-order valence-electron chi connectivity index (χ0n) is 31.2. The van der Waals surface area contributed by atoms with E-state index in [9.17, 15) is 15.3 Å². The van der Waals surface area contributed by atoms with Gasteiger partial charge in [0.1, 0.15) is 17.3 Å². The first-order valence-electron chi connectivity index (χ1n) is 18.0. The molecule has 1 spiro atoms. The summed E-state index contributed by atoms with van der Waals surface area (Å²) < 4.78 is 57.3. The highest BCUT2D eigenvalue weighted by Crippen LogP contribution is 2.56. The minimum Gasteiger partial charge on any atom is -0.392 e. The van der Waals surface area contributed by atoms with Gasteiger partial charge in [-0.25, -0.2) is 0 Å². The predicted molar refractivity (Wildman–Crippen MR) is 175 cm³/mol. The lowest BCUT2D eigenvalue weighted by atomic mass is 9.75. The van der Waals surface area contributed by atoms with Crippen molar-refractivity contribution in [2.24, 2.45) is 23.7 Å². The van der Waals surface area contributed by atoms with Gasteiger partial charge in [0.2, 0.25) is 0 Å². The molecule has 5 heterocycles. The molecule has 5 aliphatic rings. The molecule has 280 valence electrons. The zero-order valence-corrected chi connectivity index (χ0v) is 31.2. The Morgan fingerprint density at radius 3 is 2.06 bits per heavy atom. The van der Waals surface area contributed by atoms with Crippen LogP contribution in [0.4, 0.5) is 0 Å². The second-order valence-corrected chi connectivity index (χ2v) is 15.9. The van der Waals surface area contributed by atoms with E-state index in [0.29, 0.717) is 6.42 Å². The molecule has 12 heteroatoms. The van der Waals surface area contributed by atoms with E-state index in [0.717, 1.165) is 25.7 Å². The summed E-state index contributed by atoms with van der Waals surface area (Å²) in [6, 6.07) is 0. The van der Waals surface area contributed by atoms with E-state index in [1.165, 1.54) is 0 Å². The lowest BCUT2D eigenvalue weighted by molar-refractivity contribution is -0.365. The number of aliphatic hydroxyl groups is 3. The van der Waals surface area contributed by atoms with Gasteiger partial charge >= 0.3 is 0 Å². The molecule has 3 N–H and O–H groups in total. The van der Waals surface area contributed by atoms with Crippen LogP contribution in [0, 0.1) is 23.7 Å². The van der Waals surface area contributed by atoms with Gasteiger partial charge < -0.3 is 58.0 Å². The van der Waals surface area contributed by atoms with Crippen molar-refractivity contribution in [3.8, 4) is 0 Å². The van der Waals surface area contributed by atoms with E-state index in [2.05, 4.69) is 13.8 Å². The summed E-state index contributed by atoms with van der Waals surface area (Å²) in [5.74, 6) is -3.56. The smallest absolute Gasteiger partial charge is 0.179 e. The standard InChI is InChI=1S/C36H64O12/c1-18-29(37)20(3)35(8,39)47-30(18)25-14-13-23(44-25)24-15-16-28(45-24)34(7)32(42-11)21(4)36(48-34)19(2)26(41-10)17-27(46-36)31(38)33(6,43-12)22(5)40-9/h18-32,37-39H,13-17H2,1-12H3. The summed E-state index contributed by atoms with van der Waals surface area (Å²) >= 11 is 0. The van der Waals surface area contributed by atoms with Crippen LogP contribution in [0.15, 0.2) is 0 Å². The maximum Gasteiger partial charge on any atom is 0.179 e. The van der Waals surface area contributed by atoms with Gasteiger partial charge in [-0.1, -0.05) is 27.7 Å². The van der Waals surface area contributed by atoms with Crippen molar-refractivity contribution in [1.82, 2.24) is 0 Å². The summed E-state index contributed by atoms with van der Waals surface area (Å²) in [5, 5.41) is 33.5. The van der Waals surface area contributed by atoms with Gasteiger partial charge in [-0.15, -0.1) is 0 Å². The van der Waals surface area contributed by atoms with Crippen LogP contribution in [0.2, 0.25) is 0 Å². The summed E-state index contributed by atoms with van der Waals surface area (Å²) in [5.41, 5.74) is -1.91. The summed E-state index contributed by atoms with van der Waals surface area (Å²) in [6.07, 6.45) is -1.16. The van der Waals surface area contributed by atoms with E-state index in [4.69, 9.17) is 42.6 Å². The van der Waals surface area contributed by atoms with Crippen molar-refractivity contribution in [2.75, 3.05) is 28.4 Å². The number of aliphatic hydroxyl groups excluding tert-OH is 2. The fourth-order valence-electron chi connectivity index (χ4n) is 9.67. The molecule has 12 nitrogen and oxygen atoms in total. The first kappa shape index (κ1) is 38.7. The van der Waals surface area contributed by atoms with Crippen LogP contribution >= 0.6 is 0 Å². The molecule has 0 amide bonds. The van der Waals surface area contributed by atoms with Crippen molar-refractivity contribution in [3.05, 3.63) is 0 Å². The number of rotatable bonds is 10. The monoisotopic (exact) mass is 688 g/mol.